The number of hydrogen-bond donors (Lipinski definition) is 0. The molecule has 0 N–H and O–H groups in total. The summed E-state index contributed by atoms with van der Waals surface area (Å²) in [6.07, 6.45) is 68.3. The summed E-state index contributed by atoms with van der Waals surface area (Å²) in [6.45, 7) is 8.17. The Bertz CT molecular complexity index is 722. The van der Waals surface area contributed by atoms with Gasteiger partial charge in [0, 0.05) is 17.5 Å². The van der Waals surface area contributed by atoms with Gasteiger partial charge in [-0.05, 0) is 38.2 Å². The molecule has 0 aliphatic carbocycles. The fourth-order valence-corrected chi connectivity index (χ4v) is 8.71. The number of aromatic nitrogens is 1. The fourth-order valence-electron chi connectivity index (χ4n) is 8.71. The van der Waals surface area contributed by atoms with Crippen molar-refractivity contribution in [1.29, 1.82) is 0 Å². The maximum atomic E-state index is 2.60. The van der Waals surface area contributed by atoms with Crippen LogP contribution in [-0.2, 0) is 19.4 Å². The van der Waals surface area contributed by atoms with Crippen LogP contribution in [0.3, 0.4) is 0 Å². The van der Waals surface area contributed by atoms with Gasteiger partial charge in [0.25, 0.3) is 0 Å². The Hall–Kier alpha value is -0.850. The highest BCUT2D eigenvalue weighted by Crippen LogP contribution is 2.18. The van der Waals surface area contributed by atoms with Crippen LogP contribution in [0.25, 0.3) is 0 Å². The van der Waals surface area contributed by atoms with Gasteiger partial charge in [-0.3, -0.25) is 0 Å². The first kappa shape index (κ1) is 51.2. The molecular weight excluding hydrogens is 651 g/mol. The van der Waals surface area contributed by atoms with Crippen LogP contribution < -0.4 is 4.57 Å². The predicted octanol–water partition coefficient (Wildman–Crippen LogP) is 18.5. The van der Waals surface area contributed by atoms with E-state index >= 15 is 0 Å². The van der Waals surface area contributed by atoms with Gasteiger partial charge < -0.3 is 0 Å². The van der Waals surface area contributed by atoms with Gasteiger partial charge in [-0.2, -0.15) is 0 Å². The van der Waals surface area contributed by atoms with E-state index in [2.05, 4.69) is 43.8 Å². The Morgan fingerprint density at radius 3 is 0.704 bits per heavy atom. The second kappa shape index (κ2) is 43.3. The molecule has 1 aromatic heterocycles. The number of aryl methyl sites for hydroxylation is 3. The highest BCUT2D eigenvalue weighted by atomic mass is 14.9. The van der Waals surface area contributed by atoms with Crippen molar-refractivity contribution in [3.8, 4) is 0 Å². The van der Waals surface area contributed by atoms with E-state index in [1.165, 1.54) is 289 Å². The van der Waals surface area contributed by atoms with Crippen molar-refractivity contribution in [3.05, 3.63) is 29.6 Å². The van der Waals surface area contributed by atoms with Crippen molar-refractivity contribution in [2.24, 2.45) is 0 Å². The molecule has 1 heteroatoms. The normalized spacial score (nSPS) is 11.6. The Morgan fingerprint density at radius 2 is 0.463 bits per heavy atom. The predicted molar refractivity (Wildman–Crippen MR) is 245 cm³/mol. The van der Waals surface area contributed by atoms with Crippen molar-refractivity contribution < 1.29 is 4.57 Å². The highest BCUT2D eigenvalue weighted by molar-refractivity contribution is 5.15. The topological polar surface area (TPSA) is 3.88 Å². The van der Waals surface area contributed by atoms with Crippen molar-refractivity contribution in [1.82, 2.24) is 0 Å². The molecule has 318 valence electrons. The zero-order valence-corrected chi connectivity index (χ0v) is 38.0. The highest BCUT2D eigenvalue weighted by Gasteiger charge is 2.09. The third-order valence-electron chi connectivity index (χ3n) is 12.4. The summed E-state index contributed by atoms with van der Waals surface area (Å²) in [4.78, 5) is 0. The van der Waals surface area contributed by atoms with E-state index in [0.29, 0.717) is 0 Å². The summed E-state index contributed by atoms with van der Waals surface area (Å²) in [7, 11) is 0. The van der Waals surface area contributed by atoms with E-state index in [1.54, 1.807) is 11.1 Å². The second-order valence-electron chi connectivity index (χ2n) is 18.1. The van der Waals surface area contributed by atoms with E-state index in [-0.39, 0.29) is 0 Å². The molecule has 0 saturated heterocycles. The Morgan fingerprint density at radius 1 is 0.259 bits per heavy atom. The minimum Gasteiger partial charge on any atom is -0.205 e. The zero-order valence-electron chi connectivity index (χ0n) is 38.0. The molecule has 1 aromatic rings. The van der Waals surface area contributed by atoms with Gasteiger partial charge in [0.05, 0.1) is 0 Å². The van der Waals surface area contributed by atoms with Gasteiger partial charge in [-0.25, -0.2) is 4.57 Å². The van der Waals surface area contributed by atoms with Gasteiger partial charge in [-0.15, -0.1) is 0 Å². The maximum Gasteiger partial charge on any atom is 0.171 e. The average Bonchev–Trinajstić information content (AvgIpc) is 3.18. The summed E-state index contributed by atoms with van der Waals surface area (Å²) in [5, 5.41) is 0. The Balaban J connectivity index is 2.29. The molecule has 0 atom stereocenters. The minimum atomic E-state index is 1.22. The number of nitrogens with zero attached hydrogens (tertiary/aromatic N) is 1. The molecule has 1 rings (SSSR count). The molecule has 0 spiro atoms. The minimum absolute atomic E-state index is 1.22. The molecule has 0 bridgehead atoms. The van der Waals surface area contributed by atoms with Crippen LogP contribution in [0.15, 0.2) is 18.5 Å². The third kappa shape index (κ3) is 36.8. The monoisotopic (exact) mass is 753 g/mol. The molecule has 0 radical (unpaired) electrons. The van der Waals surface area contributed by atoms with E-state index in [0.717, 1.165) is 0 Å². The Labute approximate surface area is 342 Å². The van der Waals surface area contributed by atoms with Crippen LogP contribution >= 0.6 is 0 Å². The first-order chi connectivity index (χ1) is 26.8. The lowest BCUT2D eigenvalue weighted by molar-refractivity contribution is -0.698. The SMILES string of the molecule is CCCCCCCCCCCCCCCCc1cc(CCCCCCCCCCCCCCCC)c[n+](CCCCCCCCCCCCCCCC)c1. The molecule has 0 amide bonds. The number of pyridine rings is 1. The molecule has 0 unspecified atom stereocenters. The standard InChI is InChI=1S/C53H102N/c1-4-7-10-13-16-19-22-25-28-31-34-37-40-43-46-52-49-53(47-44-41-38-35-32-29-26-23-20-17-14-11-8-5-2)51-54(50-52)48-45-42-39-36-33-30-27-24-21-18-15-12-9-6-3/h49-51H,4-48H2,1-3H3/q+1. The number of rotatable bonds is 45. The summed E-state index contributed by atoms with van der Waals surface area (Å²) >= 11 is 0. The first-order valence-electron chi connectivity index (χ1n) is 25.8. The van der Waals surface area contributed by atoms with Gasteiger partial charge in [0.15, 0.2) is 12.4 Å². The lowest BCUT2D eigenvalue weighted by atomic mass is 10.0. The summed E-state index contributed by atoms with van der Waals surface area (Å²) in [6, 6.07) is 2.59. The molecule has 0 aliphatic rings. The van der Waals surface area contributed by atoms with Gasteiger partial charge >= 0.3 is 0 Å². The van der Waals surface area contributed by atoms with Crippen molar-refractivity contribution >= 4 is 0 Å². The van der Waals surface area contributed by atoms with Crippen LogP contribution in [0.4, 0.5) is 0 Å². The van der Waals surface area contributed by atoms with Crippen molar-refractivity contribution in [2.45, 2.75) is 310 Å². The molecule has 0 aromatic carbocycles. The maximum absolute atomic E-state index is 2.60. The summed E-state index contributed by atoms with van der Waals surface area (Å²) in [5.41, 5.74) is 3.23. The zero-order chi connectivity index (χ0) is 38.7. The number of hydrogen-bond acceptors (Lipinski definition) is 0. The van der Waals surface area contributed by atoms with Crippen LogP contribution in [0, 0.1) is 0 Å². The van der Waals surface area contributed by atoms with E-state index in [9.17, 15) is 0 Å². The van der Waals surface area contributed by atoms with Gasteiger partial charge in [-0.1, -0.05) is 265 Å². The number of unbranched alkanes of at least 4 members (excludes halogenated alkanes) is 39. The van der Waals surface area contributed by atoms with Crippen molar-refractivity contribution in [2.75, 3.05) is 0 Å². The third-order valence-corrected chi connectivity index (χ3v) is 12.4. The van der Waals surface area contributed by atoms with Crippen molar-refractivity contribution in [3.63, 3.8) is 0 Å². The quantitative estimate of drug-likeness (QED) is 0.0461. The lowest BCUT2D eigenvalue weighted by Crippen LogP contribution is -2.34. The van der Waals surface area contributed by atoms with Crippen LogP contribution in [0.1, 0.15) is 302 Å². The lowest BCUT2D eigenvalue weighted by Gasteiger charge is -2.08. The van der Waals surface area contributed by atoms with Gasteiger partial charge in [0.1, 0.15) is 6.54 Å². The summed E-state index contributed by atoms with van der Waals surface area (Å²) < 4.78 is 2.60. The fraction of sp³-hybridized carbons (Fsp3) is 0.906. The average molecular weight is 753 g/mol. The molecule has 0 saturated carbocycles. The van der Waals surface area contributed by atoms with E-state index in [1.807, 2.05) is 0 Å². The van der Waals surface area contributed by atoms with E-state index in [4.69, 9.17) is 0 Å². The molecule has 0 aliphatic heterocycles. The molecule has 1 heterocycles. The molecule has 1 nitrogen and oxygen atoms in total. The molecule has 54 heavy (non-hydrogen) atoms. The summed E-state index contributed by atoms with van der Waals surface area (Å²) in [5.74, 6) is 0. The molecule has 0 fully saturated rings. The smallest absolute Gasteiger partial charge is 0.171 e. The Kier molecular flexibility index (Phi) is 41.0. The van der Waals surface area contributed by atoms with Crippen LogP contribution in [0.5, 0.6) is 0 Å². The second-order valence-corrected chi connectivity index (χ2v) is 18.1. The van der Waals surface area contributed by atoms with Gasteiger partial charge in [0.2, 0.25) is 0 Å². The largest absolute Gasteiger partial charge is 0.205 e. The molecular formula is C53H102N+. The van der Waals surface area contributed by atoms with Crippen LogP contribution in [0.2, 0.25) is 0 Å². The first-order valence-corrected chi connectivity index (χ1v) is 25.8. The van der Waals surface area contributed by atoms with Crippen LogP contribution in [-0.4, -0.2) is 0 Å². The van der Waals surface area contributed by atoms with E-state index < -0.39 is 0 Å².